The van der Waals surface area contributed by atoms with Gasteiger partial charge in [-0.25, -0.2) is 19.6 Å². The van der Waals surface area contributed by atoms with Crippen LogP contribution in [-0.4, -0.2) is 41.1 Å². The highest BCUT2D eigenvalue weighted by Gasteiger charge is 2.07. The first-order chi connectivity index (χ1) is 10.3. The summed E-state index contributed by atoms with van der Waals surface area (Å²) in [5.41, 5.74) is 0.750. The number of hydrogen-bond acceptors (Lipinski definition) is 6. The Labute approximate surface area is 121 Å². The van der Waals surface area contributed by atoms with E-state index in [0.29, 0.717) is 5.95 Å². The van der Waals surface area contributed by atoms with Crippen LogP contribution in [0.15, 0.2) is 37.1 Å². The van der Waals surface area contributed by atoms with Crippen LogP contribution in [0.2, 0.25) is 0 Å². The minimum Gasteiger partial charge on any atom is -0.354 e. The number of aryl methyl sites for hydroxylation is 2. The molecule has 0 saturated heterocycles. The highest BCUT2D eigenvalue weighted by atomic mass is 15.3. The number of hydrogen-bond donors (Lipinski definition) is 1. The SMILES string of the molecule is Cn1ncnc1-c1ccnc(NCCCn2cccn2)n1. The minimum absolute atomic E-state index is 0.593. The van der Waals surface area contributed by atoms with Crippen molar-refractivity contribution in [3.63, 3.8) is 0 Å². The van der Waals surface area contributed by atoms with Gasteiger partial charge in [-0.2, -0.15) is 10.2 Å². The first-order valence-corrected chi connectivity index (χ1v) is 6.71. The van der Waals surface area contributed by atoms with Crippen molar-refractivity contribution in [2.24, 2.45) is 7.05 Å². The third-order valence-electron chi connectivity index (χ3n) is 3.00. The van der Waals surface area contributed by atoms with Crippen LogP contribution in [0.5, 0.6) is 0 Å². The van der Waals surface area contributed by atoms with Gasteiger partial charge in [0.05, 0.1) is 0 Å². The summed E-state index contributed by atoms with van der Waals surface area (Å²) in [6.07, 6.45) is 7.90. The third-order valence-corrected chi connectivity index (χ3v) is 3.00. The molecule has 0 fully saturated rings. The van der Waals surface area contributed by atoms with Crippen molar-refractivity contribution >= 4 is 5.95 Å². The predicted octanol–water partition coefficient (Wildman–Crippen LogP) is 0.971. The van der Waals surface area contributed by atoms with Crippen LogP contribution >= 0.6 is 0 Å². The Morgan fingerprint density at radius 3 is 2.90 bits per heavy atom. The second-order valence-corrected chi connectivity index (χ2v) is 4.52. The van der Waals surface area contributed by atoms with E-state index in [4.69, 9.17) is 0 Å². The lowest BCUT2D eigenvalue weighted by molar-refractivity contribution is 0.591. The molecule has 0 bridgehead atoms. The first-order valence-electron chi connectivity index (χ1n) is 6.71. The van der Waals surface area contributed by atoms with Crippen molar-refractivity contribution in [2.45, 2.75) is 13.0 Å². The average Bonchev–Trinajstić information content (AvgIpc) is 3.15. The Balaban J connectivity index is 1.58. The van der Waals surface area contributed by atoms with Gasteiger partial charge in [0, 0.05) is 38.7 Å². The van der Waals surface area contributed by atoms with Crippen LogP contribution in [-0.2, 0) is 13.6 Å². The summed E-state index contributed by atoms with van der Waals surface area (Å²) in [6.45, 7) is 1.64. The number of nitrogens with one attached hydrogen (secondary N) is 1. The van der Waals surface area contributed by atoms with E-state index in [0.717, 1.165) is 31.0 Å². The fourth-order valence-corrected chi connectivity index (χ4v) is 1.97. The van der Waals surface area contributed by atoms with Gasteiger partial charge in [-0.1, -0.05) is 0 Å². The zero-order chi connectivity index (χ0) is 14.5. The van der Waals surface area contributed by atoms with Gasteiger partial charge in [0.1, 0.15) is 12.0 Å². The Morgan fingerprint density at radius 2 is 2.14 bits per heavy atom. The first kappa shape index (κ1) is 13.2. The molecule has 0 atom stereocenters. The third kappa shape index (κ3) is 3.22. The molecule has 3 aromatic heterocycles. The van der Waals surface area contributed by atoms with Gasteiger partial charge in [0.25, 0.3) is 0 Å². The second-order valence-electron chi connectivity index (χ2n) is 4.52. The van der Waals surface area contributed by atoms with E-state index in [2.05, 4.69) is 30.5 Å². The fraction of sp³-hybridized carbons (Fsp3) is 0.308. The van der Waals surface area contributed by atoms with Crippen molar-refractivity contribution < 1.29 is 0 Å². The normalized spacial score (nSPS) is 10.7. The van der Waals surface area contributed by atoms with Gasteiger partial charge >= 0.3 is 0 Å². The molecule has 1 N–H and O–H groups in total. The molecule has 3 heterocycles. The number of anilines is 1. The van der Waals surface area contributed by atoms with Crippen molar-refractivity contribution in [3.8, 4) is 11.5 Å². The maximum absolute atomic E-state index is 4.44. The van der Waals surface area contributed by atoms with E-state index in [1.54, 1.807) is 17.1 Å². The summed E-state index contributed by atoms with van der Waals surface area (Å²) >= 11 is 0. The van der Waals surface area contributed by atoms with Crippen molar-refractivity contribution in [1.82, 2.24) is 34.5 Å². The van der Waals surface area contributed by atoms with E-state index >= 15 is 0 Å². The van der Waals surface area contributed by atoms with Crippen molar-refractivity contribution in [3.05, 3.63) is 37.1 Å². The molecule has 0 aliphatic carbocycles. The van der Waals surface area contributed by atoms with Crippen LogP contribution in [0.25, 0.3) is 11.5 Å². The fourth-order valence-electron chi connectivity index (χ4n) is 1.97. The minimum atomic E-state index is 0.593. The summed E-state index contributed by atoms with van der Waals surface area (Å²) in [6, 6.07) is 3.74. The Hall–Kier alpha value is -2.77. The van der Waals surface area contributed by atoms with Crippen molar-refractivity contribution in [1.29, 1.82) is 0 Å². The largest absolute Gasteiger partial charge is 0.354 e. The summed E-state index contributed by atoms with van der Waals surface area (Å²) < 4.78 is 3.59. The summed E-state index contributed by atoms with van der Waals surface area (Å²) in [7, 11) is 1.83. The van der Waals surface area contributed by atoms with Crippen LogP contribution in [0.3, 0.4) is 0 Å². The molecule has 0 spiro atoms. The molecule has 0 amide bonds. The molecule has 0 unspecified atom stereocenters. The molecular formula is C13H16N8. The van der Waals surface area contributed by atoms with Crippen LogP contribution in [0.4, 0.5) is 5.95 Å². The molecular weight excluding hydrogens is 268 g/mol. The number of rotatable bonds is 6. The average molecular weight is 284 g/mol. The van der Waals surface area contributed by atoms with E-state index in [9.17, 15) is 0 Å². The van der Waals surface area contributed by atoms with Crippen LogP contribution in [0.1, 0.15) is 6.42 Å². The Kier molecular flexibility index (Phi) is 3.85. The highest BCUT2D eigenvalue weighted by Crippen LogP contribution is 2.13. The van der Waals surface area contributed by atoms with Crippen LogP contribution < -0.4 is 5.32 Å². The van der Waals surface area contributed by atoms with E-state index in [-0.39, 0.29) is 0 Å². The molecule has 3 rings (SSSR count). The lowest BCUT2D eigenvalue weighted by Crippen LogP contribution is -2.09. The molecule has 108 valence electrons. The summed E-state index contributed by atoms with van der Waals surface area (Å²) in [4.78, 5) is 12.8. The zero-order valence-corrected chi connectivity index (χ0v) is 11.7. The quantitative estimate of drug-likeness (QED) is 0.679. The number of nitrogens with zero attached hydrogens (tertiary/aromatic N) is 7. The molecule has 0 aliphatic rings. The topological polar surface area (TPSA) is 86.3 Å². The van der Waals surface area contributed by atoms with Gasteiger partial charge < -0.3 is 5.32 Å². The predicted molar refractivity (Wildman–Crippen MR) is 77.4 cm³/mol. The molecule has 0 saturated carbocycles. The maximum atomic E-state index is 4.44. The standard InChI is InChI=1S/C13H16N8/c1-20-12(16-10-18-20)11-4-7-15-13(19-11)14-5-2-8-21-9-3-6-17-21/h3-4,6-7,9-10H,2,5,8H2,1H3,(H,14,15,19). The van der Waals surface area contributed by atoms with Gasteiger partial charge in [-0.3, -0.25) is 4.68 Å². The molecule has 3 aromatic rings. The van der Waals surface area contributed by atoms with Gasteiger partial charge in [0.15, 0.2) is 5.82 Å². The molecule has 0 aliphatic heterocycles. The van der Waals surface area contributed by atoms with Crippen LogP contribution in [0, 0.1) is 0 Å². The van der Waals surface area contributed by atoms with Gasteiger partial charge in [0.2, 0.25) is 5.95 Å². The maximum Gasteiger partial charge on any atom is 0.223 e. The van der Waals surface area contributed by atoms with Gasteiger partial charge in [-0.05, 0) is 18.6 Å². The second kappa shape index (κ2) is 6.12. The van der Waals surface area contributed by atoms with Gasteiger partial charge in [-0.15, -0.1) is 0 Å². The smallest absolute Gasteiger partial charge is 0.223 e. The number of aromatic nitrogens is 7. The Bertz CT molecular complexity index is 688. The van der Waals surface area contributed by atoms with E-state index in [1.807, 2.05) is 30.1 Å². The van der Waals surface area contributed by atoms with Crippen molar-refractivity contribution in [2.75, 3.05) is 11.9 Å². The summed E-state index contributed by atoms with van der Waals surface area (Å²) in [5, 5.41) is 11.4. The zero-order valence-electron chi connectivity index (χ0n) is 11.7. The Morgan fingerprint density at radius 1 is 1.19 bits per heavy atom. The lowest BCUT2D eigenvalue weighted by Gasteiger charge is -2.06. The lowest BCUT2D eigenvalue weighted by atomic mass is 10.4. The molecule has 0 aromatic carbocycles. The molecule has 8 nitrogen and oxygen atoms in total. The summed E-state index contributed by atoms with van der Waals surface area (Å²) in [5.74, 6) is 1.31. The van der Waals surface area contributed by atoms with E-state index < -0.39 is 0 Å². The molecule has 21 heavy (non-hydrogen) atoms. The van der Waals surface area contributed by atoms with E-state index in [1.165, 1.54) is 6.33 Å². The molecule has 0 radical (unpaired) electrons. The monoisotopic (exact) mass is 284 g/mol. The molecule has 8 heteroatoms. The highest BCUT2D eigenvalue weighted by molar-refractivity contribution is 5.50.